The molecule has 0 atom stereocenters. The summed E-state index contributed by atoms with van der Waals surface area (Å²) in [7, 11) is 0. The van der Waals surface area contributed by atoms with Crippen LogP contribution in [-0.2, 0) is 12.8 Å². The van der Waals surface area contributed by atoms with Crippen LogP contribution in [0.4, 0.5) is 0 Å². The summed E-state index contributed by atoms with van der Waals surface area (Å²) in [6.07, 6.45) is 19.4. The van der Waals surface area contributed by atoms with Gasteiger partial charge in [0.05, 0.1) is 6.07 Å². The summed E-state index contributed by atoms with van der Waals surface area (Å²) >= 11 is 0. The molecule has 0 N–H and O–H groups in total. The summed E-state index contributed by atoms with van der Waals surface area (Å²) in [4.78, 5) is 0. The molecule has 1 fully saturated rings. The van der Waals surface area contributed by atoms with Crippen LogP contribution in [0.3, 0.4) is 0 Å². The van der Waals surface area contributed by atoms with Gasteiger partial charge in [-0.2, -0.15) is 5.26 Å². The molecule has 0 saturated heterocycles. The average molecular weight is 338 g/mol. The molecule has 0 aliphatic heterocycles. The molecule has 0 aromatic heterocycles. The Balaban J connectivity index is 1.62. The number of aryl methyl sites for hydroxylation is 2. The van der Waals surface area contributed by atoms with Gasteiger partial charge in [-0.15, -0.1) is 0 Å². The topological polar surface area (TPSA) is 23.8 Å². The monoisotopic (exact) mass is 337 g/mol. The Labute approximate surface area is 155 Å². The first kappa shape index (κ1) is 19.8. The van der Waals surface area contributed by atoms with Crippen LogP contribution in [0.25, 0.3) is 0 Å². The van der Waals surface area contributed by atoms with E-state index < -0.39 is 0 Å². The third-order valence-corrected chi connectivity index (χ3v) is 5.83. The van der Waals surface area contributed by atoms with Crippen LogP contribution in [0.1, 0.15) is 82.3 Å². The second-order valence-electron chi connectivity index (χ2n) is 7.81. The van der Waals surface area contributed by atoms with E-state index in [1.165, 1.54) is 81.8 Å². The zero-order chi connectivity index (χ0) is 17.7. The summed E-state index contributed by atoms with van der Waals surface area (Å²) in [5, 5.41) is 8.52. The van der Waals surface area contributed by atoms with Crippen molar-refractivity contribution in [2.24, 2.45) is 11.8 Å². The summed E-state index contributed by atoms with van der Waals surface area (Å²) in [6, 6.07) is 11.5. The van der Waals surface area contributed by atoms with Gasteiger partial charge in [-0.3, -0.25) is 0 Å². The lowest BCUT2D eigenvalue weighted by molar-refractivity contribution is 0.254. The summed E-state index contributed by atoms with van der Waals surface area (Å²) in [5.74, 6) is 1.82. The van der Waals surface area contributed by atoms with Gasteiger partial charge in [0.1, 0.15) is 0 Å². The molecule has 0 amide bonds. The number of unbranched alkanes of at least 4 members (excludes halogenated alkanes) is 2. The van der Waals surface area contributed by atoms with E-state index in [1.54, 1.807) is 6.08 Å². The van der Waals surface area contributed by atoms with E-state index >= 15 is 0 Å². The fourth-order valence-corrected chi connectivity index (χ4v) is 4.10. The largest absolute Gasteiger partial charge is 0.193 e. The molecule has 0 heterocycles. The first-order valence-corrected chi connectivity index (χ1v) is 10.4. The predicted octanol–water partition coefficient (Wildman–Crippen LogP) is 7.02. The van der Waals surface area contributed by atoms with Crippen molar-refractivity contribution in [2.75, 3.05) is 0 Å². The fraction of sp³-hybridized carbons (Fsp3) is 0.625. The van der Waals surface area contributed by atoms with E-state index in [0.717, 1.165) is 18.3 Å². The second kappa shape index (κ2) is 11.9. The molecule has 25 heavy (non-hydrogen) atoms. The Bertz CT molecular complexity index is 526. The van der Waals surface area contributed by atoms with Gasteiger partial charge >= 0.3 is 0 Å². The van der Waals surface area contributed by atoms with Crippen molar-refractivity contribution in [1.82, 2.24) is 0 Å². The van der Waals surface area contributed by atoms with Crippen molar-refractivity contribution >= 4 is 0 Å². The molecule has 1 aromatic carbocycles. The highest BCUT2D eigenvalue weighted by molar-refractivity contribution is 5.22. The molecule has 1 aliphatic carbocycles. The van der Waals surface area contributed by atoms with Gasteiger partial charge in [0.15, 0.2) is 0 Å². The zero-order valence-corrected chi connectivity index (χ0v) is 16.1. The van der Waals surface area contributed by atoms with Crippen molar-refractivity contribution < 1.29 is 0 Å². The van der Waals surface area contributed by atoms with Crippen molar-refractivity contribution in [3.8, 4) is 6.07 Å². The molecule has 1 aromatic rings. The summed E-state index contributed by atoms with van der Waals surface area (Å²) in [6.45, 7) is 2.27. The number of nitrogens with zero attached hydrogens (tertiary/aromatic N) is 1. The molecule has 1 saturated carbocycles. The number of hydrogen-bond acceptors (Lipinski definition) is 1. The number of nitriles is 1. The van der Waals surface area contributed by atoms with Crippen LogP contribution >= 0.6 is 0 Å². The average Bonchev–Trinajstić information content (AvgIpc) is 2.66. The van der Waals surface area contributed by atoms with Gasteiger partial charge in [-0.1, -0.05) is 75.8 Å². The molecular formula is C24H35N. The van der Waals surface area contributed by atoms with Crippen LogP contribution in [-0.4, -0.2) is 0 Å². The van der Waals surface area contributed by atoms with Gasteiger partial charge < -0.3 is 0 Å². The van der Waals surface area contributed by atoms with E-state index in [9.17, 15) is 0 Å². The maximum atomic E-state index is 8.52. The van der Waals surface area contributed by atoms with E-state index in [1.807, 2.05) is 6.08 Å². The maximum absolute atomic E-state index is 8.52. The summed E-state index contributed by atoms with van der Waals surface area (Å²) in [5.41, 5.74) is 3.02. The SMILES string of the molecule is CCCCCc1ccc(CCC2CCC(CCC=CC#N)CC2)cc1. The second-order valence-corrected chi connectivity index (χ2v) is 7.81. The Morgan fingerprint density at radius 2 is 1.52 bits per heavy atom. The molecule has 0 unspecified atom stereocenters. The van der Waals surface area contributed by atoms with E-state index in [2.05, 4.69) is 37.3 Å². The van der Waals surface area contributed by atoms with Crippen molar-refractivity contribution in [3.63, 3.8) is 0 Å². The number of allylic oxidation sites excluding steroid dienone is 2. The van der Waals surface area contributed by atoms with Gasteiger partial charge in [0.25, 0.3) is 0 Å². The molecule has 136 valence electrons. The third-order valence-electron chi connectivity index (χ3n) is 5.83. The van der Waals surface area contributed by atoms with E-state index in [4.69, 9.17) is 5.26 Å². The van der Waals surface area contributed by atoms with E-state index in [-0.39, 0.29) is 0 Å². The normalized spacial score (nSPS) is 20.6. The number of hydrogen-bond donors (Lipinski definition) is 0. The molecule has 0 spiro atoms. The highest BCUT2D eigenvalue weighted by atomic mass is 14.3. The molecule has 1 heteroatoms. The third kappa shape index (κ3) is 7.91. The minimum absolute atomic E-state index is 0.891. The van der Waals surface area contributed by atoms with Crippen LogP contribution < -0.4 is 0 Å². The van der Waals surface area contributed by atoms with Crippen LogP contribution in [0, 0.1) is 23.2 Å². The maximum Gasteiger partial charge on any atom is 0.0908 e. The van der Waals surface area contributed by atoms with Crippen LogP contribution in [0.2, 0.25) is 0 Å². The van der Waals surface area contributed by atoms with Crippen LogP contribution in [0.15, 0.2) is 36.4 Å². The standard InChI is InChI=1S/C24H35N/c1-2-3-5-8-21-10-14-23(15-11-21)18-19-24-16-12-22(13-17-24)9-6-4-7-20-25/h4,7,10-11,14-15,22,24H,2-3,5-6,8-9,12-13,16-19H2,1H3. The van der Waals surface area contributed by atoms with Gasteiger partial charge in [-0.25, -0.2) is 0 Å². The molecule has 1 nitrogen and oxygen atoms in total. The minimum Gasteiger partial charge on any atom is -0.193 e. The minimum atomic E-state index is 0.891. The van der Waals surface area contributed by atoms with Crippen molar-refractivity contribution in [2.45, 2.75) is 84.0 Å². The number of rotatable bonds is 10. The lowest BCUT2D eigenvalue weighted by Crippen LogP contribution is -2.15. The first-order valence-electron chi connectivity index (χ1n) is 10.4. The quantitative estimate of drug-likeness (QED) is 0.332. The van der Waals surface area contributed by atoms with Gasteiger partial charge in [0.2, 0.25) is 0 Å². The Hall–Kier alpha value is -1.55. The Kier molecular flexibility index (Phi) is 9.42. The smallest absolute Gasteiger partial charge is 0.0908 e. The first-order chi connectivity index (χ1) is 12.3. The van der Waals surface area contributed by atoms with Crippen molar-refractivity contribution in [1.29, 1.82) is 5.26 Å². The molecule has 0 radical (unpaired) electrons. The van der Waals surface area contributed by atoms with Gasteiger partial charge in [0, 0.05) is 6.08 Å². The zero-order valence-electron chi connectivity index (χ0n) is 16.1. The predicted molar refractivity (Wildman–Crippen MR) is 107 cm³/mol. The Morgan fingerprint density at radius 3 is 2.12 bits per heavy atom. The molecule has 0 bridgehead atoms. The highest BCUT2D eigenvalue weighted by Gasteiger charge is 2.20. The Morgan fingerprint density at radius 1 is 0.920 bits per heavy atom. The highest BCUT2D eigenvalue weighted by Crippen LogP contribution is 2.34. The molecule has 2 rings (SSSR count). The lowest BCUT2D eigenvalue weighted by Gasteiger charge is -2.28. The van der Waals surface area contributed by atoms with Crippen LogP contribution in [0.5, 0.6) is 0 Å². The fourth-order valence-electron chi connectivity index (χ4n) is 4.10. The molecular weight excluding hydrogens is 302 g/mol. The number of benzene rings is 1. The molecule has 1 aliphatic rings. The summed E-state index contributed by atoms with van der Waals surface area (Å²) < 4.78 is 0. The van der Waals surface area contributed by atoms with E-state index in [0.29, 0.717) is 0 Å². The van der Waals surface area contributed by atoms with Gasteiger partial charge in [-0.05, 0) is 61.5 Å². The van der Waals surface area contributed by atoms with Crippen molar-refractivity contribution in [3.05, 3.63) is 47.5 Å². The lowest BCUT2D eigenvalue weighted by atomic mass is 9.78.